The second kappa shape index (κ2) is 11.9. The van der Waals surface area contributed by atoms with Crippen molar-refractivity contribution >= 4 is 74.6 Å². The molecule has 0 unspecified atom stereocenters. The Balaban J connectivity index is 1.18. The molecule has 0 atom stereocenters. The number of benzene rings is 8. The predicted octanol–water partition coefficient (Wildman–Crippen LogP) is 12.9. The summed E-state index contributed by atoms with van der Waals surface area (Å²) in [7, 11) is 0. The van der Waals surface area contributed by atoms with Crippen molar-refractivity contribution < 1.29 is 0 Å². The van der Waals surface area contributed by atoms with Crippen molar-refractivity contribution in [3.63, 3.8) is 0 Å². The molecule has 0 N–H and O–H groups in total. The molecule has 0 aliphatic heterocycles. The van der Waals surface area contributed by atoms with Gasteiger partial charge in [0.05, 0.1) is 0 Å². The summed E-state index contributed by atoms with van der Waals surface area (Å²) in [4.78, 5) is 19.7. The minimum Gasteiger partial charge on any atom is -0.264 e. The van der Waals surface area contributed by atoms with E-state index in [-0.39, 0.29) is 0 Å². The molecular weight excluding hydrogens is 665 g/mol. The molecule has 0 bridgehead atoms. The summed E-state index contributed by atoms with van der Waals surface area (Å²) >= 11 is 1.86. The van der Waals surface area contributed by atoms with Crippen molar-refractivity contribution in [1.82, 2.24) is 19.9 Å². The SMILES string of the molecule is c1ccc(-c2nc(-c3ccc(-c4cccnc4)cc3)nc(-c3cc4sc5c(ccc6c7ccccc7c7ccccc7c65)c4c4ccccc34)n2)cc1. The van der Waals surface area contributed by atoms with E-state index in [9.17, 15) is 0 Å². The van der Waals surface area contributed by atoms with Crippen LogP contribution in [0.15, 0.2) is 170 Å². The predicted molar refractivity (Wildman–Crippen MR) is 222 cm³/mol. The fourth-order valence-electron chi connectivity index (χ4n) is 7.96. The molecule has 0 radical (unpaired) electrons. The fraction of sp³-hybridized carbons (Fsp3) is 0. The second-order valence-corrected chi connectivity index (χ2v) is 14.4. The van der Waals surface area contributed by atoms with Crippen molar-refractivity contribution in [2.24, 2.45) is 0 Å². The minimum atomic E-state index is 0.636. The maximum absolute atomic E-state index is 5.21. The van der Waals surface area contributed by atoms with E-state index in [0.29, 0.717) is 17.5 Å². The Morgan fingerprint density at radius 3 is 1.55 bits per heavy atom. The van der Waals surface area contributed by atoms with Crippen molar-refractivity contribution in [3.8, 4) is 45.3 Å². The summed E-state index contributed by atoms with van der Waals surface area (Å²) < 4.78 is 2.51. The molecule has 4 nitrogen and oxygen atoms in total. The van der Waals surface area contributed by atoms with Gasteiger partial charge in [-0.15, -0.1) is 11.3 Å². The average molecular weight is 693 g/mol. The fourth-order valence-corrected chi connectivity index (χ4v) is 9.28. The van der Waals surface area contributed by atoms with Gasteiger partial charge in [-0.2, -0.15) is 0 Å². The first kappa shape index (κ1) is 29.9. The van der Waals surface area contributed by atoms with Gasteiger partial charge in [-0.3, -0.25) is 4.98 Å². The number of pyridine rings is 1. The van der Waals surface area contributed by atoms with Crippen LogP contribution in [0.1, 0.15) is 0 Å². The van der Waals surface area contributed by atoms with Crippen LogP contribution in [0.25, 0.3) is 109 Å². The molecule has 0 spiro atoms. The van der Waals surface area contributed by atoms with Crippen LogP contribution in [0.5, 0.6) is 0 Å². The van der Waals surface area contributed by atoms with Crippen LogP contribution in [0.2, 0.25) is 0 Å². The summed E-state index contributed by atoms with van der Waals surface area (Å²) in [5, 5.41) is 12.6. The largest absolute Gasteiger partial charge is 0.264 e. The zero-order valence-electron chi connectivity index (χ0n) is 28.4. The van der Waals surface area contributed by atoms with Gasteiger partial charge in [0, 0.05) is 54.6 Å². The topological polar surface area (TPSA) is 51.6 Å². The van der Waals surface area contributed by atoms with Gasteiger partial charge in [0.2, 0.25) is 0 Å². The lowest BCUT2D eigenvalue weighted by Gasteiger charge is -2.12. The van der Waals surface area contributed by atoms with Crippen LogP contribution in [-0.4, -0.2) is 19.9 Å². The Hall–Kier alpha value is -6.82. The quantitative estimate of drug-likeness (QED) is 0.172. The monoisotopic (exact) mass is 692 g/mol. The van der Waals surface area contributed by atoms with E-state index in [1.165, 1.54) is 57.9 Å². The molecule has 11 aromatic rings. The van der Waals surface area contributed by atoms with Crippen molar-refractivity contribution in [3.05, 3.63) is 170 Å². The molecule has 0 aliphatic rings. The van der Waals surface area contributed by atoms with Crippen molar-refractivity contribution in [2.45, 2.75) is 0 Å². The molecule has 0 saturated carbocycles. The van der Waals surface area contributed by atoms with Crippen LogP contribution in [0, 0.1) is 0 Å². The molecular formula is C48H28N4S. The van der Waals surface area contributed by atoms with E-state index in [1.807, 2.05) is 41.8 Å². The highest BCUT2D eigenvalue weighted by Gasteiger charge is 2.20. The van der Waals surface area contributed by atoms with E-state index >= 15 is 0 Å². The van der Waals surface area contributed by atoms with Crippen molar-refractivity contribution in [2.75, 3.05) is 0 Å². The Bertz CT molecular complexity index is 3170. The molecule has 0 amide bonds. The molecule has 11 rings (SSSR count). The van der Waals surface area contributed by atoms with Crippen LogP contribution in [0.3, 0.4) is 0 Å². The van der Waals surface area contributed by atoms with Crippen LogP contribution in [0.4, 0.5) is 0 Å². The number of fused-ring (bicyclic) bond motifs is 12. The number of hydrogen-bond donors (Lipinski definition) is 0. The zero-order valence-corrected chi connectivity index (χ0v) is 29.2. The lowest BCUT2D eigenvalue weighted by atomic mass is 9.92. The van der Waals surface area contributed by atoms with Gasteiger partial charge in [0.1, 0.15) is 0 Å². The van der Waals surface area contributed by atoms with Gasteiger partial charge < -0.3 is 0 Å². The Kier molecular flexibility index (Phi) is 6.69. The molecule has 0 saturated heterocycles. The Labute approximate surface area is 308 Å². The van der Waals surface area contributed by atoms with E-state index in [2.05, 4.69) is 138 Å². The van der Waals surface area contributed by atoms with Crippen LogP contribution >= 0.6 is 11.3 Å². The maximum atomic E-state index is 5.21. The molecule has 246 valence electrons. The standard InChI is InChI=1S/C48H28N4S/c1-2-11-30(12-3-1)46-50-47(31-22-20-29(21-23-31)32-13-10-26-49-28-32)52-48(51-46)41-27-42-43(37-18-8-7-17-36(37)41)40-25-24-39-35-16-5-4-14-33(35)34-15-6-9-19-38(34)44(39)45(40)53-42/h1-28H. The van der Waals surface area contributed by atoms with Crippen LogP contribution in [-0.2, 0) is 0 Å². The summed E-state index contributed by atoms with van der Waals surface area (Å²) in [6.45, 7) is 0. The molecule has 8 aromatic carbocycles. The highest BCUT2D eigenvalue weighted by atomic mass is 32.1. The van der Waals surface area contributed by atoms with E-state index in [0.717, 1.165) is 33.2 Å². The second-order valence-electron chi connectivity index (χ2n) is 13.4. The first-order chi connectivity index (χ1) is 26.3. The molecule has 0 aliphatic carbocycles. The highest BCUT2D eigenvalue weighted by molar-refractivity contribution is 7.27. The van der Waals surface area contributed by atoms with Crippen molar-refractivity contribution in [1.29, 1.82) is 0 Å². The number of thiophene rings is 1. The third-order valence-electron chi connectivity index (χ3n) is 10.4. The number of aromatic nitrogens is 4. The zero-order chi connectivity index (χ0) is 34.9. The molecule has 0 fully saturated rings. The minimum absolute atomic E-state index is 0.636. The van der Waals surface area contributed by atoms with E-state index < -0.39 is 0 Å². The summed E-state index contributed by atoms with van der Waals surface area (Å²) in [5.41, 5.74) is 5.02. The average Bonchev–Trinajstić information content (AvgIpc) is 3.63. The van der Waals surface area contributed by atoms with Gasteiger partial charge in [0.25, 0.3) is 0 Å². The summed E-state index contributed by atoms with van der Waals surface area (Å²) in [5.74, 6) is 1.94. The Morgan fingerprint density at radius 2 is 0.868 bits per heavy atom. The lowest BCUT2D eigenvalue weighted by molar-refractivity contribution is 1.08. The Morgan fingerprint density at radius 1 is 0.358 bits per heavy atom. The maximum Gasteiger partial charge on any atom is 0.164 e. The highest BCUT2D eigenvalue weighted by Crippen LogP contribution is 2.47. The smallest absolute Gasteiger partial charge is 0.164 e. The van der Waals surface area contributed by atoms with Gasteiger partial charge in [-0.1, -0.05) is 146 Å². The first-order valence-electron chi connectivity index (χ1n) is 17.7. The normalized spacial score (nSPS) is 11.8. The molecule has 3 aromatic heterocycles. The van der Waals surface area contributed by atoms with Gasteiger partial charge in [-0.25, -0.2) is 15.0 Å². The van der Waals surface area contributed by atoms with Crippen LogP contribution < -0.4 is 0 Å². The first-order valence-corrected chi connectivity index (χ1v) is 18.5. The number of hydrogen-bond acceptors (Lipinski definition) is 5. The number of rotatable bonds is 4. The summed E-state index contributed by atoms with van der Waals surface area (Å²) in [6.07, 6.45) is 3.67. The third-order valence-corrected chi connectivity index (χ3v) is 11.6. The van der Waals surface area contributed by atoms with E-state index in [1.54, 1.807) is 6.20 Å². The lowest BCUT2D eigenvalue weighted by Crippen LogP contribution is -2.00. The number of nitrogens with zero attached hydrogens (tertiary/aromatic N) is 4. The molecule has 53 heavy (non-hydrogen) atoms. The van der Waals surface area contributed by atoms with Gasteiger partial charge in [-0.05, 0) is 61.0 Å². The van der Waals surface area contributed by atoms with Gasteiger partial charge >= 0.3 is 0 Å². The van der Waals surface area contributed by atoms with Gasteiger partial charge in [0.15, 0.2) is 17.5 Å². The summed E-state index contributed by atoms with van der Waals surface area (Å²) in [6, 6.07) is 55.8. The van der Waals surface area contributed by atoms with E-state index in [4.69, 9.17) is 15.0 Å². The molecule has 5 heteroatoms. The third kappa shape index (κ3) is 4.75. The molecule has 3 heterocycles.